The molecule has 1 N–H and O–H groups in total. The quantitative estimate of drug-likeness (QED) is 0.793. The van der Waals surface area contributed by atoms with Crippen molar-refractivity contribution in [3.63, 3.8) is 0 Å². The second-order valence-corrected chi connectivity index (χ2v) is 4.67. The van der Waals surface area contributed by atoms with Crippen molar-refractivity contribution in [3.05, 3.63) is 30.0 Å². The van der Waals surface area contributed by atoms with Gasteiger partial charge in [-0.05, 0) is 0 Å². The summed E-state index contributed by atoms with van der Waals surface area (Å²) in [5, 5.41) is 9.23. The molecule has 0 unspecified atom stereocenters. The second-order valence-electron chi connectivity index (χ2n) is 4.67. The predicted molar refractivity (Wildman–Crippen MR) is 58.6 cm³/mol. The van der Waals surface area contributed by atoms with E-state index in [-0.39, 0.29) is 11.1 Å². The van der Waals surface area contributed by atoms with Gasteiger partial charge in [-0.25, -0.2) is 9.78 Å². The molecule has 0 fully saturated rings. The van der Waals surface area contributed by atoms with Crippen LogP contribution in [0.1, 0.15) is 37.0 Å². The number of nitrogens with zero attached hydrogens (tertiary/aromatic N) is 3. The molecule has 2 heterocycles. The Labute approximate surface area is 92.8 Å². The summed E-state index contributed by atoms with van der Waals surface area (Å²) in [5.41, 5.74) is 1.04. The number of aromatic carboxylic acids is 1. The third kappa shape index (κ3) is 1.54. The molecule has 84 valence electrons. The fourth-order valence-corrected chi connectivity index (χ4v) is 1.63. The minimum atomic E-state index is -0.969. The van der Waals surface area contributed by atoms with E-state index in [4.69, 9.17) is 0 Å². The van der Waals surface area contributed by atoms with Crippen LogP contribution in [0.4, 0.5) is 0 Å². The number of hydrogen-bond acceptors (Lipinski definition) is 3. The molecular weight excluding hydrogens is 206 g/mol. The molecule has 16 heavy (non-hydrogen) atoms. The van der Waals surface area contributed by atoms with Crippen LogP contribution in [0.5, 0.6) is 0 Å². The number of imidazole rings is 1. The summed E-state index contributed by atoms with van der Waals surface area (Å²) in [7, 11) is 0. The Bertz CT molecular complexity index is 552. The van der Waals surface area contributed by atoms with Gasteiger partial charge >= 0.3 is 5.97 Å². The van der Waals surface area contributed by atoms with Gasteiger partial charge in [0.05, 0.1) is 11.9 Å². The first-order chi connectivity index (χ1) is 7.41. The fourth-order valence-electron chi connectivity index (χ4n) is 1.63. The minimum absolute atomic E-state index is 0.213. The minimum Gasteiger partial charge on any atom is -0.477 e. The van der Waals surface area contributed by atoms with Crippen molar-refractivity contribution in [2.45, 2.75) is 26.2 Å². The number of hydrogen-bond donors (Lipinski definition) is 1. The van der Waals surface area contributed by atoms with Crippen molar-refractivity contribution >= 4 is 11.6 Å². The highest BCUT2D eigenvalue weighted by Crippen LogP contribution is 2.25. The lowest BCUT2D eigenvalue weighted by Gasteiger charge is -2.15. The number of fused-ring (bicyclic) bond motifs is 1. The van der Waals surface area contributed by atoms with Crippen LogP contribution in [-0.4, -0.2) is 25.4 Å². The van der Waals surface area contributed by atoms with Gasteiger partial charge in [0, 0.05) is 17.8 Å². The summed E-state index contributed by atoms with van der Waals surface area (Å²) in [6, 6.07) is 0. The highest BCUT2D eigenvalue weighted by molar-refractivity contribution is 5.88. The molecule has 0 aromatic carbocycles. The molecule has 0 bridgehead atoms. The van der Waals surface area contributed by atoms with Gasteiger partial charge in [-0.3, -0.25) is 9.38 Å². The van der Waals surface area contributed by atoms with Crippen molar-refractivity contribution in [1.82, 2.24) is 14.4 Å². The third-order valence-electron chi connectivity index (χ3n) is 2.34. The maximum absolute atomic E-state index is 11.3. The Morgan fingerprint density at radius 2 is 2.12 bits per heavy atom. The van der Waals surface area contributed by atoms with E-state index >= 15 is 0 Å². The van der Waals surface area contributed by atoms with Gasteiger partial charge in [0.15, 0.2) is 11.3 Å². The standard InChI is InChI=1S/C11H13N3O2/c1-11(2,3)9-8(10(15)16)14-5-4-12-6-7(14)13-9/h4-6H,1-3H3,(H,15,16). The molecule has 2 rings (SSSR count). The molecule has 0 spiro atoms. The lowest BCUT2D eigenvalue weighted by Crippen LogP contribution is -2.17. The van der Waals surface area contributed by atoms with Crippen LogP contribution in [0.15, 0.2) is 18.6 Å². The monoisotopic (exact) mass is 219 g/mol. The van der Waals surface area contributed by atoms with Gasteiger partial charge < -0.3 is 5.11 Å². The van der Waals surface area contributed by atoms with Crippen molar-refractivity contribution < 1.29 is 9.90 Å². The van der Waals surface area contributed by atoms with Crippen LogP contribution in [0.2, 0.25) is 0 Å². The Morgan fingerprint density at radius 3 is 2.69 bits per heavy atom. The Morgan fingerprint density at radius 1 is 1.44 bits per heavy atom. The molecule has 2 aromatic rings. The highest BCUT2D eigenvalue weighted by atomic mass is 16.4. The number of carboxylic acid groups (broad SMARTS) is 1. The second kappa shape index (κ2) is 3.30. The first-order valence-electron chi connectivity index (χ1n) is 4.97. The molecule has 0 amide bonds. The fraction of sp³-hybridized carbons (Fsp3) is 0.364. The third-order valence-corrected chi connectivity index (χ3v) is 2.34. The maximum atomic E-state index is 11.3. The van der Waals surface area contributed by atoms with E-state index in [2.05, 4.69) is 9.97 Å². The van der Waals surface area contributed by atoms with Gasteiger partial charge in [-0.2, -0.15) is 0 Å². The largest absolute Gasteiger partial charge is 0.477 e. The molecule has 0 saturated heterocycles. The molecule has 0 aliphatic rings. The Hall–Kier alpha value is -1.91. The van der Waals surface area contributed by atoms with Gasteiger partial charge in [0.2, 0.25) is 0 Å². The summed E-state index contributed by atoms with van der Waals surface area (Å²) >= 11 is 0. The average molecular weight is 219 g/mol. The first-order valence-corrected chi connectivity index (χ1v) is 4.97. The summed E-state index contributed by atoms with van der Waals surface area (Å²) in [6.45, 7) is 5.82. The molecule has 0 atom stereocenters. The average Bonchev–Trinajstić information content (AvgIpc) is 2.55. The van der Waals surface area contributed by atoms with E-state index in [1.165, 1.54) is 0 Å². The molecule has 5 heteroatoms. The number of carbonyl (C=O) groups is 1. The summed E-state index contributed by atoms with van der Waals surface area (Å²) in [5.74, 6) is -0.969. The highest BCUT2D eigenvalue weighted by Gasteiger charge is 2.27. The van der Waals surface area contributed by atoms with E-state index < -0.39 is 5.97 Å². The molecule has 0 radical (unpaired) electrons. The number of aromatic nitrogens is 3. The van der Waals surface area contributed by atoms with E-state index in [9.17, 15) is 9.90 Å². The van der Waals surface area contributed by atoms with Gasteiger partial charge in [0.25, 0.3) is 0 Å². The van der Waals surface area contributed by atoms with Crippen LogP contribution >= 0.6 is 0 Å². The van der Waals surface area contributed by atoms with Crippen molar-refractivity contribution in [3.8, 4) is 0 Å². The maximum Gasteiger partial charge on any atom is 0.354 e. The molecule has 0 saturated carbocycles. The Balaban J connectivity index is 2.84. The number of rotatable bonds is 1. The summed E-state index contributed by atoms with van der Waals surface area (Å²) < 4.78 is 1.55. The Kier molecular flexibility index (Phi) is 2.18. The SMILES string of the molecule is CC(C)(C)c1nc2cnccn2c1C(=O)O. The zero-order valence-corrected chi connectivity index (χ0v) is 9.43. The van der Waals surface area contributed by atoms with Crippen LogP contribution in [0.25, 0.3) is 5.65 Å². The smallest absolute Gasteiger partial charge is 0.354 e. The topological polar surface area (TPSA) is 67.5 Å². The summed E-state index contributed by atoms with van der Waals surface area (Å²) in [4.78, 5) is 19.5. The van der Waals surface area contributed by atoms with E-state index in [1.807, 2.05) is 20.8 Å². The zero-order chi connectivity index (χ0) is 11.9. The van der Waals surface area contributed by atoms with E-state index in [0.717, 1.165) is 0 Å². The van der Waals surface area contributed by atoms with Crippen LogP contribution < -0.4 is 0 Å². The lowest BCUT2D eigenvalue weighted by molar-refractivity contribution is 0.0686. The molecule has 0 aliphatic heterocycles. The normalized spacial score (nSPS) is 11.9. The van der Waals surface area contributed by atoms with Gasteiger partial charge in [-0.1, -0.05) is 20.8 Å². The van der Waals surface area contributed by atoms with E-state index in [1.54, 1.807) is 23.0 Å². The van der Waals surface area contributed by atoms with Gasteiger partial charge in [-0.15, -0.1) is 0 Å². The lowest BCUT2D eigenvalue weighted by atomic mass is 9.91. The van der Waals surface area contributed by atoms with Crippen molar-refractivity contribution in [1.29, 1.82) is 0 Å². The van der Waals surface area contributed by atoms with Crippen molar-refractivity contribution in [2.75, 3.05) is 0 Å². The summed E-state index contributed by atoms with van der Waals surface area (Å²) in [6.07, 6.45) is 4.72. The number of carboxylic acids is 1. The predicted octanol–water partition coefficient (Wildman–Crippen LogP) is 1.72. The molecule has 5 nitrogen and oxygen atoms in total. The first kappa shape index (κ1) is 10.6. The molecule has 0 aliphatic carbocycles. The molecular formula is C11H13N3O2. The zero-order valence-electron chi connectivity index (χ0n) is 9.43. The van der Waals surface area contributed by atoms with Crippen LogP contribution in [-0.2, 0) is 5.41 Å². The van der Waals surface area contributed by atoms with E-state index in [0.29, 0.717) is 11.3 Å². The molecule has 2 aromatic heterocycles. The van der Waals surface area contributed by atoms with Crippen LogP contribution in [0, 0.1) is 0 Å². The van der Waals surface area contributed by atoms with Gasteiger partial charge in [0.1, 0.15) is 0 Å². The van der Waals surface area contributed by atoms with Crippen LogP contribution in [0.3, 0.4) is 0 Å². The van der Waals surface area contributed by atoms with Crippen molar-refractivity contribution in [2.24, 2.45) is 0 Å².